The third-order valence-electron chi connectivity index (χ3n) is 4.35. The van der Waals surface area contributed by atoms with E-state index in [0.29, 0.717) is 12.0 Å². The van der Waals surface area contributed by atoms with Gasteiger partial charge >= 0.3 is 29.2 Å². The molecular weight excluding hydrogens is 539 g/mol. The Kier molecular flexibility index (Phi) is 10.5. The molecule has 1 aliphatic rings. The molecule has 1 fully saturated rings. The average molecular weight is 565 g/mol. The Morgan fingerprint density at radius 1 is 1.26 bits per heavy atom. The number of hydrogen-bond acceptors (Lipinski definition) is 12. The number of aromatic nitrogens is 2. The highest BCUT2D eigenvalue weighted by molar-refractivity contribution is 7.66. The highest BCUT2D eigenvalue weighted by Gasteiger charge is 2.43. The molecule has 0 saturated carbocycles. The monoisotopic (exact) mass is 565 g/mol. The van der Waals surface area contributed by atoms with Crippen LogP contribution in [-0.2, 0) is 47.5 Å². The number of nitrogens with two attached hydrogens (primary N) is 1. The first kappa shape index (κ1) is 29.9. The highest BCUT2D eigenvalue weighted by Crippen LogP contribution is 2.66. The van der Waals surface area contributed by atoms with E-state index in [4.69, 9.17) is 29.7 Å². The molecule has 3 unspecified atom stereocenters. The van der Waals surface area contributed by atoms with Crippen LogP contribution in [0.1, 0.15) is 25.1 Å². The number of phosphoric ester groups is 1. The fraction of sp³-hybridized carbons (Fsp3) is 0.600. The normalized spacial score (nSPS) is 24.1. The number of nitrogen functional groups attached to an aromatic ring is 1. The first-order chi connectivity index (χ1) is 16.2. The fourth-order valence-corrected chi connectivity index (χ4v) is 5.96. The van der Waals surface area contributed by atoms with E-state index in [1.54, 1.807) is 6.92 Å². The van der Waals surface area contributed by atoms with Crippen LogP contribution in [0.25, 0.3) is 0 Å². The molecule has 1 aromatic rings. The molecule has 1 saturated heterocycles. The van der Waals surface area contributed by atoms with E-state index in [2.05, 4.69) is 24.7 Å². The largest absolute Gasteiger partial charge is 0.490 e. The summed E-state index contributed by atoms with van der Waals surface area (Å²) in [6, 6.07) is 0. The number of hydrogen-bond donors (Lipinski definition) is 5. The Hall–Kier alpha value is -1.29. The topological polar surface area (TPSA) is 248 Å². The van der Waals surface area contributed by atoms with E-state index in [9.17, 15) is 28.3 Å². The van der Waals surface area contributed by atoms with Crippen molar-refractivity contribution in [3.63, 3.8) is 0 Å². The van der Waals surface area contributed by atoms with E-state index in [1.807, 2.05) is 0 Å². The predicted molar refractivity (Wildman–Crippen MR) is 117 cm³/mol. The quantitative estimate of drug-likeness (QED) is 0.0894. The highest BCUT2D eigenvalue weighted by atomic mass is 31.3. The third kappa shape index (κ3) is 9.59. The average Bonchev–Trinajstić information content (AvgIpc) is 3.10. The van der Waals surface area contributed by atoms with Crippen molar-refractivity contribution in [2.45, 2.75) is 38.2 Å². The Balaban J connectivity index is 2.15. The van der Waals surface area contributed by atoms with Gasteiger partial charge in [0, 0.05) is 18.2 Å². The van der Waals surface area contributed by atoms with Crippen LogP contribution in [0.2, 0.25) is 0 Å². The minimum atomic E-state index is -5.69. The molecule has 35 heavy (non-hydrogen) atoms. The molecule has 2 rings (SSSR count). The first-order valence-corrected chi connectivity index (χ1v) is 14.3. The van der Waals surface area contributed by atoms with Crippen molar-refractivity contribution in [2.75, 3.05) is 25.7 Å². The third-order valence-corrected chi connectivity index (χ3v) is 8.15. The zero-order valence-corrected chi connectivity index (χ0v) is 21.0. The summed E-state index contributed by atoms with van der Waals surface area (Å²) in [5, 5.41) is 0. The van der Waals surface area contributed by atoms with Gasteiger partial charge in [0.15, 0.2) is 0 Å². The van der Waals surface area contributed by atoms with Crippen molar-refractivity contribution in [1.82, 2.24) is 9.55 Å². The van der Waals surface area contributed by atoms with E-state index >= 15 is 0 Å². The molecule has 0 amide bonds. The zero-order chi connectivity index (χ0) is 26.4. The van der Waals surface area contributed by atoms with Crippen molar-refractivity contribution in [3.8, 4) is 0 Å². The van der Waals surface area contributed by atoms with E-state index in [0.717, 1.165) is 4.57 Å². The minimum Gasteiger partial charge on any atom is -0.383 e. The summed E-state index contributed by atoms with van der Waals surface area (Å²) >= 11 is 0. The molecule has 2 heterocycles. The lowest BCUT2D eigenvalue weighted by Gasteiger charge is -2.21. The zero-order valence-electron chi connectivity index (χ0n) is 18.3. The Labute approximate surface area is 198 Å². The van der Waals surface area contributed by atoms with Gasteiger partial charge in [-0.2, -0.15) is 13.6 Å². The van der Waals surface area contributed by atoms with Crippen molar-refractivity contribution in [1.29, 1.82) is 0 Å². The van der Waals surface area contributed by atoms with Crippen LogP contribution in [0, 0.1) is 0 Å². The Bertz CT molecular complexity index is 1090. The smallest absolute Gasteiger partial charge is 0.383 e. The van der Waals surface area contributed by atoms with Gasteiger partial charge in [-0.1, -0.05) is 13.0 Å². The maximum absolute atomic E-state index is 12.3. The number of phosphoric acid groups is 3. The van der Waals surface area contributed by atoms with Crippen LogP contribution >= 0.6 is 23.5 Å². The van der Waals surface area contributed by atoms with Crippen LogP contribution < -0.4 is 11.4 Å². The fourth-order valence-electron chi connectivity index (χ4n) is 2.94. The van der Waals surface area contributed by atoms with Gasteiger partial charge < -0.3 is 39.5 Å². The molecule has 6 N–H and O–H groups in total. The molecule has 0 aromatic carbocycles. The molecule has 1 aliphatic heterocycles. The molecule has 200 valence electrons. The summed E-state index contributed by atoms with van der Waals surface area (Å²) in [5.41, 5.74) is 5.57. The summed E-state index contributed by atoms with van der Waals surface area (Å²) in [6.45, 7) is 4.42. The second-order valence-corrected chi connectivity index (χ2v) is 11.3. The maximum atomic E-state index is 12.3. The lowest BCUT2D eigenvalue weighted by molar-refractivity contribution is -0.113. The van der Waals surface area contributed by atoms with Crippen LogP contribution in [0.4, 0.5) is 5.82 Å². The van der Waals surface area contributed by atoms with Gasteiger partial charge in [0.2, 0.25) is 0 Å². The maximum Gasteiger partial charge on any atom is 0.490 e. The van der Waals surface area contributed by atoms with Gasteiger partial charge in [0.1, 0.15) is 24.9 Å². The number of anilines is 1. The predicted octanol–water partition coefficient (Wildman–Crippen LogP) is 0.564. The molecule has 5 atom stereocenters. The first-order valence-electron chi connectivity index (χ1n) is 9.78. The lowest BCUT2D eigenvalue weighted by Crippen LogP contribution is -2.30. The van der Waals surface area contributed by atoms with Gasteiger partial charge in [0.25, 0.3) is 0 Å². The molecule has 0 aliphatic carbocycles. The van der Waals surface area contributed by atoms with Crippen LogP contribution in [0.5, 0.6) is 0 Å². The lowest BCUT2D eigenvalue weighted by atomic mass is 10.2. The summed E-state index contributed by atoms with van der Waals surface area (Å²) in [7, 11) is -16.6. The van der Waals surface area contributed by atoms with Crippen LogP contribution in [0.15, 0.2) is 23.6 Å². The van der Waals surface area contributed by atoms with Crippen molar-refractivity contribution in [2.24, 2.45) is 0 Å². The van der Waals surface area contributed by atoms with E-state index in [-0.39, 0.29) is 25.6 Å². The molecule has 20 heteroatoms. The van der Waals surface area contributed by atoms with Crippen molar-refractivity contribution in [3.05, 3.63) is 34.9 Å². The second kappa shape index (κ2) is 12.3. The van der Waals surface area contributed by atoms with Crippen LogP contribution in [0.3, 0.4) is 0 Å². The molecular formula is C15H26N3O14P3. The standard InChI is InChI=1S/C15H26N3O14P3/c1-3-5-27-9-28-11-6-13(18-7-10(4-2)14(16)17-15(18)19)30-12(11)8-29-34(23,24)32-35(25,26)31-33(20,21)22/h3,7,11-13H,1,4-6,8-9H2,2H3,(H,23,24)(H,25,26)(H2,16,17,19)(H2,20,21,22)/t11?,12-,13-/m1/s1. The summed E-state index contributed by atoms with van der Waals surface area (Å²) in [5.74, 6) is 0.0570. The van der Waals surface area contributed by atoms with Gasteiger partial charge in [-0.25, -0.2) is 18.5 Å². The van der Waals surface area contributed by atoms with Gasteiger partial charge in [-0.05, 0) is 6.42 Å². The second-order valence-electron chi connectivity index (χ2n) is 6.93. The molecule has 0 bridgehead atoms. The van der Waals surface area contributed by atoms with Crippen molar-refractivity contribution >= 4 is 29.3 Å². The summed E-state index contributed by atoms with van der Waals surface area (Å²) in [6.07, 6.45) is 0.465. The number of ether oxygens (including phenoxy) is 3. The van der Waals surface area contributed by atoms with Gasteiger partial charge in [-0.3, -0.25) is 9.09 Å². The van der Waals surface area contributed by atoms with Gasteiger partial charge in [0.05, 0.1) is 19.3 Å². The van der Waals surface area contributed by atoms with Crippen molar-refractivity contribution < 1.29 is 60.6 Å². The summed E-state index contributed by atoms with van der Waals surface area (Å²) in [4.78, 5) is 52.2. The van der Waals surface area contributed by atoms with E-state index < -0.39 is 54.2 Å². The number of rotatable bonds is 14. The number of nitrogens with zero attached hydrogens (tertiary/aromatic N) is 2. The van der Waals surface area contributed by atoms with Crippen LogP contribution in [-0.4, -0.2) is 61.3 Å². The van der Waals surface area contributed by atoms with Gasteiger partial charge in [-0.15, -0.1) is 6.58 Å². The number of aryl methyl sites for hydroxylation is 1. The molecule has 0 spiro atoms. The molecule has 1 aromatic heterocycles. The molecule has 0 radical (unpaired) electrons. The molecule has 17 nitrogen and oxygen atoms in total. The summed E-state index contributed by atoms with van der Waals surface area (Å²) < 4.78 is 63.8. The minimum absolute atomic E-state index is 0.0382. The Morgan fingerprint density at radius 2 is 1.94 bits per heavy atom. The SMILES string of the molecule is C=CCOCOC1C[C@H](n2cc(CC)c(N)nc2=O)O[C@@H]1COP(=O)(O)OP(=O)(O)OP(=O)(O)O. The Morgan fingerprint density at radius 3 is 2.54 bits per heavy atom. The van der Waals surface area contributed by atoms with E-state index in [1.165, 1.54) is 12.3 Å².